The van der Waals surface area contributed by atoms with Crippen LogP contribution in [0, 0.1) is 0 Å². The molecule has 0 radical (unpaired) electrons. The van der Waals surface area contributed by atoms with Gasteiger partial charge in [-0.05, 0) is 72.8 Å². The minimum Gasteiger partial charge on any atom is -0.508 e. The number of carbonyl (C=O) groups excluding carboxylic acids is 2. The number of ether oxygens (including phenoxy) is 1. The molecular weight excluding hydrogens is 552 g/mol. The Bertz CT molecular complexity index is 1490. The van der Waals surface area contributed by atoms with Gasteiger partial charge in [-0.25, -0.2) is 14.8 Å². The summed E-state index contributed by atoms with van der Waals surface area (Å²) in [6, 6.07) is 32.8. The van der Waals surface area contributed by atoms with Crippen LogP contribution in [-0.2, 0) is 22.5 Å². The van der Waals surface area contributed by atoms with E-state index in [2.05, 4.69) is 15.6 Å². The Morgan fingerprint density at radius 3 is 2.23 bits per heavy atom. The summed E-state index contributed by atoms with van der Waals surface area (Å²) in [5, 5.41) is 19.4. The summed E-state index contributed by atoms with van der Waals surface area (Å²) in [6.07, 6.45) is 3.60. The minimum absolute atomic E-state index is 0.0223. The topological polar surface area (TPSA) is 94.1 Å². The van der Waals surface area contributed by atoms with Crippen LogP contribution in [0.2, 0.25) is 0 Å². The van der Waals surface area contributed by atoms with Gasteiger partial charge >= 0.3 is 6.09 Å². The van der Waals surface area contributed by atoms with Crippen LogP contribution in [0.25, 0.3) is 11.1 Å². The van der Waals surface area contributed by atoms with E-state index >= 15 is 0 Å². The molecule has 0 spiro atoms. The average molecular weight is 593 g/mol. The van der Waals surface area contributed by atoms with Gasteiger partial charge in [0.2, 0.25) is 5.91 Å². The first-order valence-electron chi connectivity index (χ1n) is 15.3. The van der Waals surface area contributed by atoms with Crippen LogP contribution in [0.4, 0.5) is 16.2 Å². The molecule has 44 heavy (non-hydrogen) atoms. The Kier molecular flexibility index (Phi) is 11.0. The van der Waals surface area contributed by atoms with E-state index in [1.165, 1.54) is 0 Å². The number of benzene rings is 4. The summed E-state index contributed by atoms with van der Waals surface area (Å²) in [5.41, 5.74) is 5.70. The number of hydrazine groups is 1. The molecular formula is C36H40N4O4. The molecule has 228 valence electrons. The third-order valence-corrected chi connectivity index (χ3v) is 7.65. The fourth-order valence-electron chi connectivity index (χ4n) is 5.31. The molecule has 8 nitrogen and oxygen atoms in total. The largest absolute Gasteiger partial charge is 0.508 e. The number of phenolic OH excluding ortho intramolecular Hbond substituents is 1. The molecule has 4 aromatic rings. The smallest absolute Gasteiger partial charge is 0.429 e. The van der Waals surface area contributed by atoms with Gasteiger partial charge in [0.05, 0.1) is 12.1 Å². The summed E-state index contributed by atoms with van der Waals surface area (Å²) in [4.78, 5) is 26.2. The quantitative estimate of drug-likeness (QED) is 0.157. The second-order valence-electron chi connectivity index (χ2n) is 10.9. The number of nitrogens with zero attached hydrogens (tertiary/aromatic N) is 2. The number of hydrogen-bond acceptors (Lipinski definition) is 6. The molecule has 0 atom stereocenters. The standard InChI is InChI=1S/C36H40N4O4/c41-32-19-15-28(16-20-32)21-23-37-27-29-13-17-31(18-14-29)38-35(42)22-26-44-36(43)40(39-24-7-2-8-25-39)34-12-6-5-11-33(34)30-9-3-1-4-10-30/h1,3-6,9-20,37,41H,2,7-8,21-27H2,(H,38,42). The van der Waals surface area contributed by atoms with Crippen LogP contribution < -0.4 is 15.6 Å². The summed E-state index contributed by atoms with van der Waals surface area (Å²) >= 11 is 0. The highest BCUT2D eigenvalue weighted by molar-refractivity contribution is 5.94. The molecule has 2 amide bonds. The number of hydrogen-bond donors (Lipinski definition) is 3. The van der Waals surface area contributed by atoms with Gasteiger partial charge < -0.3 is 20.5 Å². The maximum atomic E-state index is 13.5. The molecule has 0 bridgehead atoms. The van der Waals surface area contributed by atoms with Gasteiger partial charge in [0.25, 0.3) is 0 Å². The monoisotopic (exact) mass is 592 g/mol. The highest BCUT2D eigenvalue weighted by Gasteiger charge is 2.28. The third-order valence-electron chi connectivity index (χ3n) is 7.65. The molecule has 4 aromatic carbocycles. The normalized spacial score (nSPS) is 13.3. The zero-order valence-corrected chi connectivity index (χ0v) is 25.0. The summed E-state index contributed by atoms with van der Waals surface area (Å²) in [5.74, 6) is 0.0573. The van der Waals surface area contributed by atoms with Gasteiger partial charge in [0.1, 0.15) is 12.4 Å². The lowest BCUT2D eigenvalue weighted by atomic mass is 10.0. The van der Waals surface area contributed by atoms with Gasteiger partial charge in [-0.3, -0.25) is 4.79 Å². The fraction of sp³-hybridized carbons (Fsp3) is 0.278. The number of anilines is 2. The van der Waals surface area contributed by atoms with Crippen molar-refractivity contribution in [3.05, 3.63) is 114 Å². The molecule has 0 unspecified atom stereocenters. The molecule has 3 N–H and O–H groups in total. The number of phenols is 1. The highest BCUT2D eigenvalue weighted by atomic mass is 16.6. The average Bonchev–Trinajstić information content (AvgIpc) is 3.06. The number of amides is 2. The van der Waals surface area contributed by atoms with Gasteiger partial charge in [0, 0.05) is 30.9 Å². The Labute approximate surface area is 259 Å². The molecule has 1 fully saturated rings. The van der Waals surface area contributed by atoms with E-state index in [-0.39, 0.29) is 24.7 Å². The van der Waals surface area contributed by atoms with Crippen LogP contribution in [-0.4, -0.2) is 48.4 Å². The zero-order chi connectivity index (χ0) is 30.6. The molecule has 1 heterocycles. The predicted molar refractivity (Wildman–Crippen MR) is 174 cm³/mol. The van der Waals surface area contributed by atoms with Crippen LogP contribution in [0.5, 0.6) is 5.75 Å². The van der Waals surface area contributed by atoms with E-state index < -0.39 is 6.09 Å². The first-order chi connectivity index (χ1) is 21.6. The molecule has 0 aliphatic carbocycles. The second-order valence-corrected chi connectivity index (χ2v) is 10.9. The minimum atomic E-state index is -0.481. The maximum Gasteiger partial charge on any atom is 0.429 e. The van der Waals surface area contributed by atoms with Crippen molar-refractivity contribution < 1.29 is 19.4 Å². The number of aromatic hydroxyl groups is 1. The van der Waals surface area contributed by atoms with Crippen molar-refractivity contribution in [3.8, 4) is 16.9 Å². The number of piperidine rings is 1. The van der Waals surface area contributed by atoms with E-state index in [1.54, 1.807) is 17.1 Å². The van der Waals surface area contributed by atoms with Crippen molar-refractivity contribution in [2.45, 2.75) is 38.6 Å². The highest BCUT2D eigenvalue weighted by Crippen LogP contribution is 2.33. The lowest BCUT2D eigenvalue weighted by Gasteiger charge is -2.37. The SMILES string of the molecule is O=C(CCOC(=O)N(c1ccccc1-c1ccccc1)N1CCCCC1)Nc1ccc(CNCCc2ccc(O)cc2)cc1. The van der Waals surface area contributed by atoms with E-state index in [4.69, 9.17) is 4.74 Å². The molecule has 1 saturated heterocycles. The van der Waals surface area contributed by atoms with Gasteiger partial charge in [-0.15, -0.1) is 0 Å². The van der Waals surface area contributed by atoms with Crippen LogP contribution in [0.15, 0.2) is 103 Å². The second kappa shape index (κ2) is 15.7. The Morgan fingerprint density at radius 1 is 0.795 bits per heavy atom. The van der Waals surface area contributed by atoms with Crippen LogP contribution >= 0.6 is 0 Å². The van der Waals surface area contributed by atoms with E-state index in [1.807, 2.05) is 91.0 Å². The lowest BCUT2D eigenvalue weighted by molar-refractivity contribution is -0.116. The summed E-state index contributed by atoms with van der Waals surface area (Å²) < 4.78 is 5.69. The molecule has 0 aromatic heterocycles. The maximum absolute atomic E-state index is 13.5. The molecule has 0 saturated carbocycles. The number of para-hydroxylation sites is 1. The molecule has 1 aliphatic rings. The van der Waals surface area contributed by atoms with Gasteiger partial charge in [0.15, 0.2) is 0 Å². The lowest BCUT2D eigenvalue weighted by Crippen LogP contribution is -2.49. The van der Waals surface area contributed by atoms with Crippen molar-refractivity contribution >= 4 is 23.4 Å². The van der Waals surface area contributed by atoms with Crippen LogP contribution in [0.1, 0.15) is 36.8 Å². The number of rotatable bonds is 12. The van der Waals surface area contributed by atoms with Crippen molar-refractivity contribution in [2.75, 3.05) is 36.6 Å². The first-order valence-corrected chi connectivity index (χ1v) is 15.3. The summed E-state index contributed by atoms with van der Waals surface area (Å²) in [7, 11) is 0. The number of nitrogens with one attached hydrogen (secondary N) is 2. The zero-order valence-electron chi connectivity index (χ0n) is 25.0. The van der Waals surface area contributed by atoms with Crippen LogP contribution in [0.3, 0.4) is 0 Å². The number of carbonyl (C=O) groups is 2. The first kappa shape index (κ1) is 30.8. The predicted octanol–water partition coefficient (Wildman–Crippen LogP) is 6.76. The Balaban J connectivity index is 1.11. The van der Waals surface area contributed by atoms with Crippen molar-refractivity contribution in [3.63, 3.8) is 0 Å². The Hall–Kier alpha value is -4.66. The van der Waals surface area contributed by atoms with Crippen molar-refractivity contribution in [2.24, 2.45) is 0 Å². The third kappa shape index (κ3) is 8.69. The van der Waals surface area contributed by atoms with E-state index in [0.29, 0.717) is 12.2 Å². The van der Waals surface area contributed by atoms with Gasteiger partial charge in [-0.2, -0.15) is 0 Å². The van der Waals surface area contributed by atoms with Crippen molar-refractivity contribution in [1.29, 1.82) is 0 Å². The fourth-order valence-corrected chi connectivity index (χ4v) is 5.31. The van der Waals surface area contributed by atoms with E-state index in [0.717, 1.165) is 73.3 Å². The summed E-state index contributed by atoms with van der Waals surface area (Å²) in [6.45, 7) is 3.04. The molecule has 8 heteroatoms. The Morgan fingerprint density at radius 2 is 1.48 bits per heavy atom. The molecule has 1 aliphatic heterocycles. The van der Waals surface area contributed by atoms with E-state index in [9.17, 15) is 14.7 Å². The van der Waals surface area contributed by atoms with Gasteiger partial charge in [-0.1, -0.05) is 79.2 Å². The molecule has 5 rings (SSSR count). The van der Waals surface area contributed by atoms with Crippen molar-refractivity contribution in [1.82, 2.24) is 10.3 Å².